The predicted molar refractivity (Wildman–Crippen MR) is 91.8 cm³/mol. The molecule has 0 radical (unpaired) electrons. The molecule has 0 spiro atoms. The van der Waals surface area contributed by atoms with Gasteiger partial charge in [-0.3, -0.25) is 14.8 Å². The minimum atomic E-state index is -3.77. The zero-order valence-electron chi connectivity index (χ0n) is 13.5. The number of nitro benzene ring substituents is 1. The van der Waals surface area contributed by atoms with Gasteiger partial charge in [-0.2, -0.15) is 9.40 Å². The summed E-state index contributed by atoms with van der Waals surface area (Å²) in [6, 6.07) is 5.68. The molecule has 2 aromatic rings. The average Bonchev–Trinajstić information content (AvgIpc) is 3.28. The molecular formula is C15H19N5O4S. The molecule has 1 saturated heterocycles. The summed E-state index contributed by atoms with van der Waals surface area (Å²) in [4.78, 5) is 10.4. The lowest BCUT2D eigenvalue weighted by molar-refractivity contribution is -0.385. The van der Waals surface area contributed by atoms with Gasteiger partial charge in [0.1, 0.15) is 4.90 Å². The molecule has 1 aromatic carbocycles. The van der Waals surface area contributed by atoms with Crippen LogP contribution in [0, 0.1) is 10.1 Å². The Morgan fingerprint density at radius 3 is 2.68 bits per heavy atom. The van der Waals surface area contributed by atoms with E-state index >= 15 is 0 Å². The van der Waals surface area contributed by atoms with Gasteiger partial charge in [0.25, 0.3) is 5.69 Å². The Balaban J connectivity index is 1.87. The van der Waals surface area contributed by atoms with Gasteiger partial charge < -0.3 is 5.32 Å². The highest BCUT2D eigenvalue weighted by atomic mass is 32.2. The van der Waals surface area contributed by atoms with Crippen LogP contribution in [0.15, 0.2) is 41.6 Å². The summed E-state index contributed by atoms with van der Waals surface area (Å²) in [5, 5.41) is 18.2. The van der Waals surface area contributed by atoms with Crippen LogP contribution < -0.4 is 5.32 Å². The van der Waals surface area contributed by atoms with Crippen molar-refractivity contribution in [1.29, 1.82) is 0 Å². The van der Waals surface area contributed by atoms with Gasteiger partial charge in [0.15, 0.2) is 0 Å². The number of nitro groups is 1. The summed E-state index contributed by atoms with van der Waals surface area (Å²) >= 11 is 0. The molecule has 1 fully saturated rings. The smallest absolute Gasteiger partial charge is 0.270 e. The molecule has 10 heteroatoms. The Labute approximate surface area is 145 Å². The van der Waals surface area contributed by atoms with Gasteiger partial charge in [-0.1, -0.05) is 0 Å². The van der Waals surface area contributed by atoms with Crippen LogP contribution >= 0.6 is 0 Å². The molecule has 0 aliphatic carbocycles. The van der Waals surface area contributed by atoms with Crippen molar-refractivity contribution in [3.63, 3.8) is 0 Å². The topological polar surface area (TPSA) is 110 Å². The highest BCUT2D eigenvalue weighted by molar-refractivity contribution is 7.89. The van der Waals surface area contributed by atoms with E-state index in [0.717, 1.165) is 18.9 Å². The first-order valence-corrected chi connectivity index (χ1v) is 9.42. The van der Waals surface area contributed by atoms with E-state index in [1.807, 2.05) is 0 Å². The Bertz CT molecular complexity index is 845. The molecule has 1 aromatic heterocycles. The van der Waals surface area contributed by atoms with Crippen molar-refractivity contribution >= 4 is 21.4 Å². The Morgan fingerprint density at radius 2 is 2.04 bits per heavy atom. The lowest BCUT2D eigenvalue weighted by atomic mass is 10.3. The highest BCUT2D eigenvalue weighted by Gasteiger charge is 2.30. The number of sulfonamides is 1. The van der Waals surface area contributed by atoms with Crippen LogP contribution in [0.3, 0.4) is 0 Å². The van der Waals surface area contributed by atoms with Crippen molar-refractivity contribution in [3.8, 4) is 0 Å². The molecule has 3 rings (SSSR count). The van der Waals surface area contributed by atoms with Gasteiger partial charge in [-0.15, -0.1) is 0 Å². The maximum atomic E-state index is 12.9. The Hall–Kier alpha value is -2.46. The van der Waals surface area contributed by atoms with Gasteiger partial charge in [-0.25, -0.2) is 8.42 Å². The average molecular weight is 365 g/mol. The van der Waals surface area contributed by atoms with E-state index in [1.54, 1.807) is 23.1 Å². The maximum Gasteiger partial charge on any atom is 0.270 e. The van der Waals surface area contributed by atoms with Crippen LogP contribution in [-0.4, -0.2) is 47.1 Å². The second kappa shape index (κ2) is 7.19. The molecule has 9 nitrogen and oxygen atoms in total. The minimum absolute atomic E-state index is 0.0518. The fraction of sp³-hybridized carbons (Fsp3) is 0.400. The third kappa shape index (κ3) is 3.80. The number of non-ortho nitro benzene ring substituents is 1. The molecule has 0 atom stereocenters. The number of nitrogens with zero attached hydrogens (tertiary/aromatic N) is 4. The normalized spacial score (nSPS) is 15.4. The zero-order valence-corrected chi connectivity index (χ0v) is 14.4. The number of rotatable bonds is 7. The van der Waals surface area contributed by atoms with Gasteiger partial charge in [0.05, 0.1) is 17.2 Å². The van der Waals surface area contributed by atoms with Crippen molar-refractivity contribution in [2.45, 2.75) is 24.3 Å². The summed E-state index contributed by atoms with van der Waals surface area (Å²) in [7, 11) is -3.77. The summed E-state index contributed by atoms with van der Waals surface area (Å²) < 4.78 is 28.8. The van der Waals surface area contributed by atoms with Gasteiger partial charge in [0.2, 0.25) is 10.0 Å². The number of nitrogens with one attached hydrogen (secondary N) is 1. The van der Waals surface area contributed by atoms with Crippen molar-refractivity contribution in [1.82, 2.24) is 14.1 Å². The largest absolute Gasteiger partial charge is 0.382 e. The molecule has 134 valence electrons. The van der Waals surface area contributed by atoms with E-state index in [2.05, 4.69) is 10.4 Å². The zero-order chi connectivity index (χ0) is 17.9. The SMILES string of the molecule is O=[N+]([O-])c1ccc(NCCn2cccn2)c(S(=O)(=O)N2CCCC2)c1. The van der Waals surface area contributed by atoms with Crippen LogP contribution in [0.4, 0.5) is 11.4 Å². The summed E-state index contributed by atoms with van der Waals surface area (Å²) in [5.41, 5.74) is 0.125. The highest BCUT2D eigenvalue weighted by Crippen LogP contribution is 2.30. The quantitative estimate of drug-likeness (QED) is 0.590. The van der Waals surface area contributed by atoms with Crippen LogP contribution in [0.1, 0.15) is 12.8 Å². The standard InChI is InChI=1S/C15H19N5O4S/c21-20(22)13-4-5-14(16-7-11-18-8-3-6-17-18)15(12-13)25(23,24)19-9-1-2-10-19/h3-6,8,12,16H,1-2,7,9-11H2. The number of aromatic nitrogens is 2. The first-order chi connectivity index (χ1) is 12.0. The maximum absolute atomic E-state index is 12.9. The fourth-order valence-corrected chi connectivity index (χ4v) is 4.49. The molecule has 1 N–H and O–H groups in total. The van der Waals surface area contributed by atoms with E-state index in [0.29, 0.717) is 31.9 Å². The van der Waals surface area contributed by atoms with Crippen molar-refractivity contribution in [3.05, 3.63) is 46.8 Å². The third-order valence-corrected chi connectivity index (χ3v) is 6.01. The van der Waals surface area contributed by atoms with Gasteiger partial charge in [0, 0.05) is 44.2 Å². The second-order valence-electron chi connectivity index (χ2n) is 5.74. The molecular weight excluding hydrogens is 346 g/mol. The van der Waals surface area contributed by atoms with Gasteiger partial charge in [-0.05, 0) is 25.0 Å². The molecule has 0 bridgehead atoms. The van der Waals surface area contributed by atoms with E-state index in [9.17, 15) is 18.5 Å². The molecule has 2 heterocycles. The third-order valence-electron chi connectivity index (χ3n) is 4.07. The summed E-state index contributed by atoms with van der Waals surface area (Å²) in [5.74, 6) is 0. The Morgan fingerprint density at radius 1 is 1.28 bits per heavy atom. The van der Waals surface area contributed by atoms with Crippen molar-refractivity contribution in [2.24, 2.45) is 0 Å². The summed E-state index contributed by atoms with van der Waals surface area (Å²) in [6.45, 7) is 1.88. The monoisotopic (exact) mass is 365 g/mol. The lowest BCUT2D eigenvalue weighted by Gasteiger charge is -2.18. The molecule has 25 heavy (non-hydrogen) atoms. The first-order valence-electron chi connectivity index (χ1n) is 7.98. The minimum Gasteiger partial charge on any atom is -0.382 e. The molecule has 1 aliphatic rings. The molecule has 0 amide bonds. The van der Waals surface area contributed by atoms with E-state index in [-0.39, 0.29) is 10.6 Å². The number of anilines is 1. The first kappa shape index (κ1) is 17.4. The summed E-state index contributed by atoms with van der Waals surface area (Å²) in [6.07, 6.45) is 5.07. The number of benzene rings is 1. The van der Waals surface area contributed by atoms with Crippen LogP contribution in [-0.2, 0) is 16.6 Å². The van der Waals surface area contributed by atoms with Crippen LogP contribution in [0.25, 0.3) is 0 Å². The predicted octanol–water partition coefficient (Wildman–Crippen LogP) is 1.69. The van der Waals surface area contributed by atoms with Crippen molar-refractivity contribution < 1.29 is 13.3 Å². The number of hydrogen-bond donors (Lipinski definition) is 1. The second-order valence-corrected chi connectivity index (χ2v) is 7.65. The van der Waals surface area contributed by atoms with E-state index in [1.165, 1.54) is 16.4 Å². The van der Waals surface area contributed by atoms with Crippen LogP contribution in [0.5, 0.6) is 0 Å². The van der Waals surface area contributed by atoms with E-state index < -0.39 is 14.9 Å². The van der Waals surface area contributed by atoms with Gasteiger partial charge >= 0.3 is 0 Å². The fourth-order valence-electron chi connectivity index (χ4n) is 2.79. The van der Waals surface area contributed by atoms with Crippen molar-refractivity contribution in [2.75, 3.05) is 25.0 Å². The number of hydrogen-bond acceptors (Lipinski definition) is 6. The lowest BCUT2D eigenvalue weighted by Crippen LogP contribution is -2.28. The van der Waals surface area contributed by atoms with E-state index in [4.69, 9.17) is 0 Å². The molecule has 0 saturated carbocycles. The molecule has 0 unspecified atom stereocenters. The molecule has 1 aliphatic heterocycles. The Kier molecular flexibility index (Phi) is 5.00. The van der Waals surface area contributed by atoms with Crippen LogP contribution in [0.2, 0.25) is 0 Å².